The minimum atomic E-state index is -0.122. The van der Waals surface area contributed by atoms with Crippen molar-refractivity contribution in [3.63, 3.8) is 0 Å². The summed E-state index contributed by atoms with van der Waals surface area (Å²) < 4.78 is 0. The lowest BCUT2D eigenvalue weighted by atomic mass is 9.71. The van der Waals surface area contributed by atoms with Crippen molar-refractivity contribution in [2.45, 2.75) is 52.1 Å². The first-order valence-electron chi connectivity index (χ1n) is 11.5. The van der Waals surface area contributed by atoms with Crippen molar-refractivity contribution in [3.05, 3.63) is 35.9 Å². The first-order valence-corrected chi connectivity index (χ1v) is 11.5. The average Bonchev–Trinajstić information content (AvgIpc) is 3.33. The van der Waals surface area contributed by atoms with E-state index in [0.717, 1.165) is 32.5 Å². The molecule has 6 heteroatoms. The fourth-order valence-corrected chi connectivity index (χ4v) is 5.34. The van der Waals surface area contributed by atoms with E-state index in [4.69, 9.17) is 0 Å². The molecule has 4 rings (SSSR count). The van der Waals surface area contributed by atoms with Crippen LogP contribution in [0.25, 0.3) is 0 Å². The van der Waals surface area contributed by atoms with E-state index < -0.39 is 0 Å². The van der Waals surface area contributed by atoms with Crippen LogP contribution in [-0.2, 0) is 11.3 Å². The van der Waals surface area contributed by atoms with Crippen molar-refractivity contribution in [1.82, 2.24) is 20.4 Å². The standard InChI is InChI=1S/C24H36N4O2/c1-18(2)12-25-22(29)21-14-27(13-19-8-4-3-5-9-19)15-24(21)16-28(17-24)23(30)26-20-10-6-7-11-20/h3-5,8-9,18,20-21H,6-7,10-17H2,1-2H3,(H,25,29)(H,26,30). The summed E-state index contributed by atoms with van der Waals surface area (Å²) in [5, 5.41) is 6.35. The third-order valence-corrected chi connectivity index (χ3v) is 6.95. The molecule has 1 aromatic rings. The summed E-state index contributed by atoms with van der Waals surface area (Å²) in [6.45, 7) is 8.77. The lowest BCUT2D eigenvalue weighted by Crippen LogP contribution is -2.66. The van der Waals surface area contributed by atoms with E-state index >= 15 is 0 Å². The summed E-state index contributed by atoms with van der Waals surface area (Å²) in [5.41, 5.74) is 1.15. The Hall–Kier alpha value is -2.08. The highest BCUT2D eigenvalue weighted by atomic mass is 16.2. The second-order valence-corrected chi connectivity index (χ2v) is 10.00. The monoisotopic (exact) mass is 412 g/mol. The number of nitrogens with one attached hydrogen (secondary N) is 2. The molecule has 6 nitrogen and oxygen atoms in total. The van der Waals surface area contributed by atoms with Gasteiger partial charge in [0.2, 0.25) is 5.91 Å². The smallest absolute Gasteiger partial charge is 0.317 e. The Labute approximate surface area is 180 Å². The third-order valence-electron chi connectivity index (χ3n) is 6.95. The summed E-state index contributed by atoms with van der Waals surface area (Å²) in [6, 6.07) is 10.8. The topological polar surface area (TPSA) is 64.7 Å². The molecule has 1 saturated carbocycles. The van der Waals surface area contributed by atoms with Crippen LogP contribution in [0.2, 0.25) is 0 Å². The number of benzene rings is 1. The van der Waals surface area contributed by atoms with Gasteiger partial charge in [0.15, 0.2) is 0 Å². The minimum absolute atomic E-state index is 0.0513. The van der Waals surface area contributed by atoms with Gasteiger partial charge in [-0.05, 0) is 24.3 Å². The van der Waals surface area contributed by atoms with E-state index in [1.165, 1.54) is 18.4 Å². The molecule has 1 spiro atoms. The van der Waals surface area contributed by atoms with Gasteiger partial charge in [0.1, 0.15) is 0 Å². The summed E-state index contributed by atoms with van der Waals surface area (Å²) in [6.07, 6.45) is 4.61. The molecule has 3 aliphatic rings. The van der Waals surface area contributed by atoms with Crippen LogP contribution in [0.15, 0.2) is 30.3 Å². The quantitative estimate of drug-likeness (QED) is 0.755. The van der Waals surface area contributed by atoms with Gasteiger partial charge in [0.05, 0.1) is 5.92 Å². The first-order chi connectivity index (χ1) is 14.4. The van der Waals surface area contributed by atoms with Crippen LogP contribution in [0, 0.1) is 17.3 Å². The van der Waals surface area contributed by atoms with Gasteiger partial charge in [-0.2, -0.15) is 0 Å². The Morgan fingerprint density at radius 2 is 1.80 bits per heavy atom. The number of amides is 3. The van der Waals surface area contributed by atoms with Crippen LogP contribution in [0.4, 0.5) is 4.79 Å². The van der Waals surface area contributed by atoms with Crippen LogP contribution >= 0.6 is 0 Å². The van der Waals surface area contributed by atoms with E-state index in [0.29, 0.717) is 31.6 Å². The SMILES string of the molecule is CC(C)CNC(=O)C1CN(Cc2ccccc2)CC12CN(C(=O)NC1CCCC1)C2. The number of likely N-dealkylation sites (tertiary alicyclic amines) is 2. The molecule has 0 bridgehead atoms. The maximum atomic E-state index is 13.1. The molecule has 2 saturated heterocycles. The first kappa shape index (κ1) is 21.2. The Bertz CT molecular complexity index is 739. The average molecular weight is 413 g/mol. The van der Waals surface area contributed by atoms with E-state index in [1.54, 1.807) is 0 Å². The molecule has 2 heterocycles. The molecule has 0 aromatic heterocycles. The molecule has 3 amide bonds. The number of hydrogen-bond acceptors (Lipinski definition) is 3. The van der Waals surface area contributed by atoms with Gasteiger partial charge in [-0.3, -0.25) is 9.69 Å². The molecule has 1 aromatic carbocycles. The van der Waals surface area contributed by atoms with Gasteiger partial charge in [-0.25, -0.2) is 4.79 Å². The lowest BCUT2D eigenvalue weighted by Gasteiger charge is -2.50. The summed E-state index contributed by atoms with van der Waals surface area (Å²) in [5.74, 6) is 0.521. The predicted octanol–water partition coefficient (Wildman–Crippen LogP) is 2.84. The highest BCUT2D eigenvalue weighted by molar-refractivity contribution is 5.82. The van der Waals surface area contributed by atoms with Gasteiger partial charge >= 0.3 is 6.03 Å². The predicted molar refractivity (Wildman–Crippen MR) is 118 cm³/mol. The van der Waals surface area contributed by atoms with Crippen molar-refractivity contribution in [2.75, 3.05) is 32.7 Å². The van der Waals surface area contributed by atoms with Crippen molar-refractivity contribution >= 4 is 11.9 Å². The second-order valence-electron chi connectivity index (χ2n) is 10.00. The maximum absolute atomic E-state index is 13.1. The number of nitrogens with zero attached hydrogens (tertiary/aromatic N) is 2. The molecule has 1 atom stereocenters. The van der Waals surface area contributed by atoms with Gasteiger partial charge in [-0.1, -0.05) is 57.0 Å². The Kier molecular flexibility index (Phi) is 6.32. The van der Waals surface area contributed by atoms with Crippen molar-refractivity contribution in [3.8, 4) is 0 Å². The number of urea groups is 1. The summed E-state index contributed by atoms with van der Waals surface area (Å²) in [4.78, 5) is 30.0. The van der Waals surface area contributed by atoms with Crippen LogP contribution < -0.4 is 10.6 Å². The van der Waals surface area contributed by atoms with Gasteiger partial charge in [0, 0.05) is 50.7 Å². The Balaban J connectivity index is 1.40. The fourth-order valence-electron chi connectivity index (χ4n) is 5.34. The molecule has 2 N–H and O–H groups in total. The van der Waals surface area contributed by atoms with Crippen molar-refractivity contribution < 1.29 is 9.59 Å². The highest BCUT2D eigenvalue weighted by Crippen LogP contribution is 2.44. The molecule has 164 valence electrons. The number of carbonyl (C=O) groups is 2. The van der Waals surface area contributed by atoms with Gasteiger partial charge < -0.3 is 15.5 Å². The normalized spacial score (nSPS) is 23.7. The number of carbonyl (C=O) groups excluding carboxylic acids is 2. The van der Waals surface area contributed by atoms with E-state index in [1.807, 2.05) is 11.0 Å². The lowest BCUT2D eigenvalue weighted by molar-refractivity contribution is -0.131. The molecule has 2 aliphatic heterocycles. The summed E-state index contributed by atoms with van der Waals surface area (Å²) >= 11 is 0. The highest BCUT2D eigenvalue weighted by Gasteiger charge is 2.57. The Morgan fingerprint density at radius 3 is 2.47 bits per heavy atom. The van der Waals surface area contributed by atoms with Crippen molar-refractivity contribution in [2.24, 2.45) is 17.3 Å². The summed E-state index contributed by atoms with van der Waals surface area (Å²) in [7, 11) is 0. The maximum Gasteiger partial charge on any atom is 0.317 e. The van der Waals surface area contributed by atoms with Gasteiger partial charge in [0.25, 0.3) is 0 Å². The van der Waals surface area contributed by atoms with E-state index in [2.05, 4.69) is 53.6 Å². The number of rotatable bonds is 6. The molecular formula is C24H36N4O2. The van der Waals surface area contributed by atoms with E-state index in [9.17, 15) is 9.59 Å². The fraction of sp³-hybridized carbons (Fsp3) is 0.667. The Morgan fingerprint density at radius 1 is 1.10 bits per heavy atom. The zero-order valence-electron chi connectivity index (χ0n) is 18.4. The zero-order chi connectivity index (χ0) is 21.1. The second kappa shape index (κ2) is 8.96. The molecule has 1 unspecified atom stereocenters. The molecule has 3 fully saturated rings. The van der Waals surface area contributed by atoms with Crippen LogP contribution in [0.3, 0.4) is 0 Å². The molecule has 30 heavy (non-hydrogen) atoms. The van der Waals surface area contributed by atoms with E-state index in [-0.39, 0.29) is 23.3 Å². The third kappa shape index (κ3) is 4.64. The largest absolute Gasteiger partial charge is 0.356 e. The van der Waals surface area contributed by atoms with Gasteiger partial charge in [-0.15, -0.1) is 0 Å². The molecule has 0 radical (unpaired) electrons. The molecular weight excluding hydrogens is 376 g/mol. The van der Waals surface area contributed by atoms with Crippen molar-refractivity contribution in [1.29, 1.82) is 0 Å². The zero-order valence-corrected chi connectivity index (χ0v) is 18.4. The van der Waals surface area contributed by atoms with Crippen LogP contribution in [0.1, 0.15) is 45.1 Å². The number of hydrogen-bond donors (Lipinski definition) is 2. The van der Waals surface area contributed by atoms with Crippen LogP contribution in [0.5, 0.6) is 0 Å². The van der Waals surface area contributed by atoms with Crippen LogP contribution in [-0.4, -0.2) is 60.5 Å². The molecule has 1 aliphatic carbocycles. The minimum Gasteiger partial charge on any atom is -0.356 e.